The molecule has 0 aliphatic heterocycles. The van der Waals surface area contributed by atoms with Gasteiger partial charge >= 0.3 is 0 Å². The Hall–Kier alpha value is -1.23. The average molecular weight is 274 g/mol. The van der Waals surface area contributed by atoms with E-state index in [4.69, 9.17) is 21.1 Å². The van der Waals surface area contributed by atoms with E-state index in [1.165, 1.54) is 0 Å². The third kappa shape index (κ3) is 4.96. The predicted molar refractivity (Wildman–Crippen MR) is 72.7 cm³/mol. The number of halogens is 1. The normalized spacial score (nSPS) is 12.3. The van der Waals surface area contributed by atoms with Crippen molar-refractivity contribution in [2.24, 2.45) is 5.92 Å². The van der Waals surface area contributed by atoms with Gasteiger partial charge in [0.05, 0.1) is 25.7 Å². The number of aromatic nitrogens is 2. The van der Waals surface area contributed by atoms with Gasteiger partial charge in [-0.2, -0.15) is 9.97 Å². The van der Waals surface area contributed by atoms with Crippen molar-refractivity contribution in [1.29, 1.82) is 0 Å². The predicted octanol–water partition coefficient (Wildman–Crippen LogP) is 2.56. The molecule has 0 amide bonds. The number of rotatable bonds is 7. The molecule has 1 heterocycles. The van der Waals surface area contributed by atoms with Gasteiger partial charge in [0.15, 0.2) is 0 Å². The second-order valence-electron chi connectivity index (χ2n) is 4.38. The maximum Gasteiger partial charge on any atom is 0.229 e. The maximum absolute atomic E-state index is 6.19. The summed E-state index contributed by atoms with van der Waals surface area (Å²) in [6.07, 6.45) is 0.940. The molecule has 1 unspecified atom stereocenters. The van der Waals surface area contributed by atoms with Gasteiger partial charge < -0.3 is 14.8 Å². The van der Waals surface area contributed by atoms with Crippen molar-refractivity contribution in [3.05, 3.63) is 6.07 Å². The molecule has 18 heavy (non-hydrogen) atoms. The fraction of sp³-hybridized carbons (Fsp3) is 0.667. The standard InChI is InChI=1S/C12H20ClN3O2/c1-8(2)5-9(13)7-14-12-15-10(17-3)6-11(16-12)18-4/h6,8-9H,5,7H2,1-4H3,(H,14,15,16). The zero-order valence-corrected chi connectivity index (χ0v) is 12.0. The van der Waals surface area contributed by atoms with E-state index >= 15 is 0 Å². The van der Waals surface area contributed by atoms with Gasteiger partial charge in [0, 0.05) is 6.54 Å². The zero-order valence-electron chi connectivity index (χ0n) is 11.2. The molecular formula is C12H20ClN3O2. The van der Waals surface area contributed by atoms with Crippen LogP contribution in [0.2, 0.25) is 0 Å². The highest BCUT2D eigenvalue weighted by molar-refractivity contribution is 6.20. The van der Waals surface area contributed by atoms with E-state index in [-0.39, 0.29) is 5.38 Å². The van der Waals surface area contributed by atoms with Gasteiger partial charge in [-0.15, -0.1) is 11.6 Å². The van der Waals surface area contributed by atoms with Crippen molar-refractivity contribution in [2.75, 3.05) is 26.1 Å². The Morgan fingerprint density at radius 2 is 1.78 bits per heavy atom. The van der Waals surface area contributed by atoms with Gasteiger partial charge in [0.2, 0.25) is 17.7 Å². The lowest BCUT2D eigenvalue weighted by molar-refractivity contribution is 0.372. The van der Waals surface area contributed by atoms with E-state index in [0.29, 0.717) is 30.2 Å². The summed E-state index contributed by atoms with van der Waals surface area (Å²) >= 11 is 6.19. The van der Waals surface area contributed by atoms with Crippen LogP contribution in [0, 0.1) is 5.92 Å². The van der Waals surface area contributed by atoms with Crippen molar-refractivity contribution < 1.29 is 9.47 Å². The second-order valence-corrected chi connectivity index (χ2v) is 5.00. The molecule has 1 rings (SSSR count). The Morgan fingerprint density at radius 3 is 2.22 bits per heavy atom. The summed E-state index contributed by atoms with van der Waals surface area (Å²) in [5.74, 6) is 1.94. The molecule has 0 saturated carbocycles. The van der Waals surface area contributed by atoms with E-state index in [0.717, 1.165) is 6.42 Å². The van der Waals surface area contributed by atoms with Crippen LogP contribution in [0.25, 0.3) is 0 Å². The zero-order chi connectivity index (χ0) is 13.5. The molecule has 1 atom stereocenters. The lowest BCUT2D eigenvalue weighted by Crippen LogP contribution is -2.17. The molecular weight excluding hydrogens is 254 g/mol. The fourth-order valence-electron chi connectivity index (χ4n) is 1.49. The molecule has 1 aromatic rings. The molecule has 5 nitrogen and oxygen atoms in total. The number of hydrogen-bond acceptors (Lipinski definition) is 5. The minimum Gasteiger partial charge on any atom is -0.481 e. The van der Waals surface area contributed by atoms with Crippen LogP contribution in [-0.4, -0.2) is 36.1 Å². The van der Waals surface area contributed by atoms with E-state index in [9.17, 15) is 0 Å². The smallest absolute Gasteiger partial charge is 0.229 e. The number of ether oxygens (including phenoxy) is 2. The molecule has 0 aliphatic rings. The quantitative estimate of drug-likeness (QED) is 0.774. The summed E-state index contributed by atoms with van der Waals surface area (Å²) in [5, 5.41) is 3.13. The third-order valence-electron chi connectivity index (χ3n) is 2.31. The van der Waals surface area contributed by atoms with Gasteiger partial charge in [-0.1, -0.05) is 13.8 Å². The van der Waals surface area contributed by atoms with Crippen LogP contribution in [0.4, 0.5) is 5.95 Å². The number of hydrogen-bond donors (Lipinski definition) is 1. The van der Waals surface area contributed by atoms with Crippen LogP contribution >= 0.6 is 11.6 Å². The highest BCUT2D eigenvalue weighted by Crippen LogP contribution is 2.18. The van der Waals surface area contributed by atoms with Gasteiger partial charge in [-0.25, -0.2) is 0 Å². The van der Waals surface area contributed by atoms with Crippen LogP contribution in [0.5, 0.6) is 11.8 Å². The monoisotopic (exact) mass is 273 g/mol. The molecule has 0 spiro atoms. The van der Waals surface area contributed by atoms with Crippen molar-refractivity contribution >= 4 is 17.5 Å². The van der Waals surface area contributed by atoms with Gasteiger partial charge in [0.25, 0.3) is 0 Å². The second kappa shape index (κ2) is 7.26. The lowest BCUT2D eigenvalue weighted by atomic mass is 10.1. The first-order valence-electron chi connectivity index (χ1n) is 5.90. The van der Waals surface area contributed by atoms with E-state index < -0.39 is 0 Å². The first kappa shape index (κ1) is 14.8. The Balaban J connectivity index is 2.60. The highest BCUT2D eigenvalue weighted by atomic mass is 35.5. The Labute approximate surface area is 113 Å². The number of nitrogens with zero attached hydrogens (tertiary/aromatic N) is 2. The largest absolute Gasteiger partial charge is 0.481 e. The van der Waals surface area contributed by atoms with Crippen molar-refractivity contribution in [1.82, 2.24) is 9.97 Å². The fourth-order valence-corrected chi connectivity index (χ4v) is 1.92. The topological polar surface area (TPSA) is 56.3 Å². The number of nitrogens with one attached hydrogen (secondary N) is 1. The Kier molecular flexibility index (Phi) is 5.98. The van der Waals surface area contributed by atoms with Crippen molar-refractivity contribution in [3.8, 4) is 11.8 Å². The summed E-state index contributed by atoms with van der Waals surface area (Å²) in [6, 6.07) is 1.62. The molecule has 1 N–H and O–H groups in total. The van der Waals surface area contributed by atoms with Crippen molar-refractivity contribution in [2.45, 2.75) is 25.6 Å². The SMILES string of the molecule is COc1cc(OC)nc(NCC(Cl)CC(C)C)n1. The molecule has 0 fully saturated rings. The summed E-state index contributed by atoms with van der Waals surface area (Å²) < 4.78 is 10.1. The average Bonchev–Trinajstić information content (AvgIpc) is 2.35. The Morgan fingerprint density at radius 1 is 1.22 bits per heavy atom. The highest BCUT2D eigenvalue weighted by Gasteiger charge is 2.09. The van der Waals surface area contributed by atoms with Crippen LogP contribution in [0.15, 0.2) is 6.07 Å². The minimum absolute atomic E-state index is 0.0470. The maximum atomic E-state index is 6.19. The molecule has 0 radical (unpaired) electrons. The van der Waals surface area contributed by atoms with Crippen molar-refractivity contribution in [3.63, 3.8) is 0 Å². The molecule has 0 aliphatic carbocycles. The molecule has 102 valence electrons. The number of methoxy groups -OCH3 is 2. The van der Waals surface area contributed by atoms with E-state index in [2.05, 4.69) is 29.1 Å². The number of anilines is 1. The van der Waals surface area contributed by atoms with Crippen LogP contribution in [-0.2, 0) is 0 Å². The molecule has 0 aromatic carbocycles. The van der Waals surface area contributed by atoms with Crippen LogP contribution in [0.1, 0.15) is 20.3 Å². The molecule has 6 heteroatoms. The van der Waals surface area contributed by atoms with E-state index in [1.54, 1.807) is 20.3 Å². The van der Waals surface area contributed by atoms with Gasteiger partial charge in [-0.3, -0.25) is 0 Å². The first-order valence-corrected chi connectivity index (χ1v) is 6.33. The lowest BCUT2D eigenvalue weighted by Gasteiger charge is -2.13. The van der Waals surface area contributed by atoms with Crippen LogP contribution in [0.3, 0.4) is 0 Å². The Bertz CT molecular complexity index is 352. The minimum atomic E-state index is 0.0470. The third-order valence-corrected chi connectivity index (χ3v) is 2.64. The summed E-state index contributed by atoms with van der Waals surface area (Å²) in [4.78, 5) is 8.34. The molecule has 0 saturated heterocycles. The van der Waals surface area contributed by atoms with Gasteiger partial charge in [-0.05, 0) is 12.3 Å². The van der Waals surface area contributed by atoms with E-state index in [1.807, 2.05) is 0 Å². The van der Waals surface area contributed by atoms with Crippen LogP contribution < -0.4 is 14.8 Å². The molecule has 0 bridgehead atoms. The summed E-state index contributed by atoms with van der Waals surface area (Å²) in [6.45, 7) is 4.89. The van der Waals surface area contributed by atoms with Gasteiger partial charge in [0.1, 0.15) is 0 Å². The number of alkyl halides is 1. The summed E-state index contributed by atoms with van der Waals surface area (Å²) in [7, 11) is 3.10. The first-order chi connectivity index (χ1) is 8.55. The summed E-state index contributed by atoms with van der Waals surface area (Å²) in [5.41, 5.74) is 0. The molecule has 1 aromatic heterocycles.